The fourth-order valence-electron chi connectivity index (χ4n) is 4.29. The van der Waals surface area contributed by atoms with Gasteiger partial charge in [0.05, 0.1) is 23.1 Å². The van der Waals surface area contributed by atoms with Crippen LogP contribution in [0.25, 0.3) is 0 Å². The van der Waals surface area contributed by atoms with Gasteiger partial charge < -0.3 is 4.74 Å². The molecule has 1 saturated heterocycles. The van der Waals surface area contributed by atoms with Crippen LogP contribution in [0.5, 0.6) is 0 Å². The molecular weight excluding hydrogens is 394 g/mol. The minimum atomic E-state index is -0.969. The number of carbonyl (C=O) groups excluding carboxylic acids is 4. The van der Waals surface area contributed by atoms with Gasteiger partial charge in [-0.15, -0.1) is 0 Å². The highest BCUT2D eigenvalue weighted by atomic mass is 16.5. The maximum absolute atomic E-state index is 13.0. The molecule has 2 aromatic carbocycles. The molecule has 2 aromatic rings. The van der Waals surface area contributed by atoms with E-state index < -0.39 is 12.1 Å². The maximum Gasteiger partial charge on any atom is 0.338 e. The summed E-state index contributed by atoms with van der Waals surface area (Å²) >= 11 is 0. The van der Waals surface area contributed by atoms with Crippen molar-refractivity contribution in [1.82, 2.24) is 0 Å². The fourth-order valence-corrected chi connectivity index (χ4v) is 4.29. The Balaban J connectivity index is 1.52. The molecule has 0 bridgehead atoms. The first-order valence-electron chi connectivity index (χ1n) is 10.3. The zero-order chi connectivity index (χ0) is 22.1. The van der Waals surface area contributed by atoms with Gasteiger partial charge in [0, 0.05) is 5.56 Å². The van der Waals surface area contributed by atoms with Crippen LogP contribution in [-0.2, 0) is 14.3 Å². The van der Waals surface area contributed by atoms with Gasteiger partial charge in [-0.05, 0) is 37.5 Å². The Morgan fingerprint density at radius 2 is 1.71 bits per heavy atom. The third-order valence-electron chi connectivity index (χ3n) is 5.92. The highest BCUT2D eigenvalue weighted by Crippen LogP contribution is 2.40. The molecule has 31 heavy (non-hydrogen) atoms. The second kappa shape index (κ2) is 8.30. The molecular formula is C25H23NO5. The number of anilines is 1. The lowest BCUT2D eigenvalue weighted by molar-refractivity contribution is -0.122. The second-order valence-corrected chi connectivity index (χ2v) is 8.00. The van der Waals surface area contributed by atoms with Gasteiger partial charge in [-0.3, -0.25) is 19.3 Å². The number of ether oxygens (including phenoxy) is 1. The Hall–Kier alpha value is -3.54. The number of rotatable bonds is 5. The van der Waals surface area contributed by atoms with Crippen LogP contribution < -0.4 is 4.90 Å². The minimum Gasteiger partial charge on any atom is -0.451 e. The zero-order valence-corrected chi connectivity index (χ0v) is 17.4. The molecule has 2 aliphatic rings. The van der Waals surface area contributed by atoms with E-state index in [0.717, 1.165) is 0 Å². The number of carbonyl (C=O) groups is 4. The van der Waals surface area contributed by atoms with Gasteiger partial charge in [-0.25, -0.2) is 4.79 Å². The van der Waals surface area contributed by atoms with Crippen LogP contribution in [0.2, 0.25) is 0 Å². The number of hydrogen-bond acceptors (Lipinski definition) is 5. The van der Waals surface area contributed by atoms with Gasteiger partial charge in [0.1, 0.15) is 0 Å². The van der Waals surface area contributed by atoms with Gasteiger partial charge in [0.2, 0.25) is 17.6 Å². The summed E-state index contributed by atoms with van der Waals surface area (Å²) in [7, 11) is 0. The molecule has 0 saturated carbocycles. The topological polar surface area (TPSA) is 80.8 Å². The van der Waals surface area contributed by atoms with Crippen LogP contribution in [-0.4, -0.2) is 29.7 Å². The molecule has 0 spiro atoms. The maximum atomic E-state index is 13.0. The lowest BCUT2D eigenvalue weighted by atomic mass is 9.78. The van der Waals surface area contributed by atoms with E-state index in [2.05, 4.69) is 0 Å². The molecule has 0 radical (unpaired) electrons. The Morgan fingerprint density at radius 1 is 1.00 bits per heavy atom. The van der Waals surface area contributed by atoms with Gasteiger partial charge in [0.25, 0.3) is 0 Å². The number of hydrogen-bond donors (Lipinski definition) is 0. The van der Waals surface area contributed by atoms with E-state index in [1.165, 1.54) is 24.0 Å². The standard InChI is InChI=1S/C25H23NO5/c1-15-8-6-13-20-21(15)24(29)26(23(20)28)19-12-7-11-18(14-19)25(30)31-16(2)22(27)17-9-4-3-5-10-17/h3-12,14-16,20-21H,13H2,1-2H3/t15-,16-,20-,21+/m1/s1. The average molecular weight is 417 g/mol. The molecule has 1 aliphatic heterocycles. The molecule has 0 unspecified atom stereocenters. The van der Waals surface area contributed by atoms with Crippen molar-refractivity contribution in [2.24, 2.45) is 17.8 Å². The molecule has 1 fully saturated rings. The molecule has 0 N–H and O–H groups in total. The van der Waals surface area contributed by atoms with Gasteiger partial charge in [-0.1, -0.05) is 55.5 Å². The quantitative estimate of drug-likeness (QED) is 0.320. The Labute approximate surface area is 180 Å². The third kappa shape index (κ3) is 3.81. The van der Waals surface area contributed by atoms with Crippen molar-refractivity contribution in [3.05, 3.63) is 77.9 Å². The summed E-state index contributed by atoms with van der Waals surface area (Å²) in [6, 6.07) is 14.8. The largest absolute Gasteiger partial charge is 0.451 e. The van der Waals surface area contributed by atoms with Crippen molar-refractivity contribution in [3.63, 3.8) is 0 Å². The molecule has 4 rings (SSSR count). The minimum absolute atomic E-state index is 0.0156. The summed E-state index contributed by atoms with van der Waals surface area (Å²) in [6.45, 7) is 3.45. The molecule has 0 aromatic heterocycles. The second-order valence-electron chi connectivity index (χ2n) is 8.00. The van der Waals surface area contributed by atoms with Crippen molar-refractivity contribution in [2.45, 2.75) is 26.4 Å². The van der Waals surface area contributed by atoms with Crippen molar-refractivity contribution in [2.75, 3.05) is 4.90 Å². The number of amides is 2. The number of Topliss-reactive ketones (excluding diaryl/α,β-unsaturated/α-hetero) is 1. The summed E-state index contributed by atoms with van der Waals surface area (Å²) in [5.74, 6) is -2.25. The predicted octanol–water partition coefficient (Wildman–Crippen LogP) is 3.82. The summed E-state index contributed by atoms with van der Waals surface area (Å²) in [5, 5.41) is 0. The van der Waals surface area contributed by atoms with Crippen LogP contribution in [0, 0.1) is 17.8 Å². The zero-order valence-electron chi connectivity index (χ0n) is 17.4. The number of ketones is 1. The number of imide groups is 1. The van der Waals surface area contributed by atoms with Crippen molar-refractivity contribution >= 4 is 29.3 Å². The summed E-state index contributed by atoms with van der Waals surface area (Å²) < 4.78 is 5.35. The number of benzene rings is 2. The van der Waals surface area contributed by atoms with E-state index in [-0.39, 0.29) is 40.9 Å². The molecule has 4 atom stereocenters. The SMILES string of the molecule is C[C@@H]1C=CC[C@H]2C(=O)N(c3cccc(C(=O)O[C@H](C)C(=O)c4ccccc4)c3)C(=O)[C@@H]12. The third-order valence-corrected chi connectivity index (χ3v) is 5.92. The van der Waals surface area contributed by atoms with E-state index in [1.54, 1.807) is 42.5 Å². The van der Waals surface area contributed by atoms with E-state index >= 15 is 0 Å². The van der Waals surface area contributed by atoms with Crippen molar-refractivity contribution < 1.29 is 23.9 Å². The van der Waals surface area contributed by atoms with E-state index in [0.29, 0.717) is 17.7 Å². The van der Waals surface area contributed by atoms with Gasteiger partial charge in [0.15, 0.2) is 6.10 Å². The van der Waals surface area contributed by atoms with Crippen molar-refractivity contribution in [3.8, 4) is 0 Å². The molecule has 2 amide bonds. The number of fused-ring (bicyclic) bond motifs is 1. The first-order valence-corrected chi connectivity index (χ1v) is 10.3. The summed E-state index contributed by atoms with van der Waals surface area (Å²) in [6.07, 6.45) is 3.48. The fraction of sp³-hybridized carbons (Fsp3) is 0.280. The highest BCUT2D eigenvalue weighted by molar-refractivity contribution is 6.22. The van der Waals surface area contributed by atoms with Crippen LogP contribution in [0.4, 0.5) is 5.69 Å². The molecule has 6 nitrogen and oxygen atoms in total. The van der Waals surface area contributed by atoms with Gasteiger partial charge >= 0.3 is 5.97 Å². The van der Waals surface area contributed by atoms with Crippen LogP contribution in [0.3, 0.4) is 0 Å². The molecule has 6 heteroatoms. The lowest BCUT2D eigenvalue weighted by Gasteiger charge is -2.22. The first-order chi connectivity index (χ1) is 14.9. The first kappa shape index (κ1) is 20.7. The molecule has 158 valence electrons. The summed E-state index contributed by atoms with van der Waals surface area (Å²) in [5.41, 5.74) is 0.968. The molecule has 1 heterocycles. The van der Waals surface area contributed by atoms with Gasteiger partial charge in [-0.2, -0.15) is 0 Å². The Morgan fingerprint density at radius 3 is 2.42 bits per heavy atom. The van der Waals surface area contributed by atoms with Crippen molar-refractivity contribution in [1.29, 1.82) is 0 Å². The molecule has 1 aliphatic carbocycles. The van der Waals surface area contributed by atoms with E-state index in [1.807, 2.05) is 19.1 Å². The number of esters is 1. The predicted molar refractivity (Wildman–Crippen MR) is 114 cm³/mol. The normalized spacial score (nSPS) is 23.4. The number of nitrogens with zero attached hydrogens (tertiary/aromatic N) is 1. The van der Waals surface area contributed by atoms with E-state index in [4.69, 9.17) is 4.74 Å². The Kier molecular flexibility index (Phi) is 5.55. The van der Waals surface area contributed by atoms with Crippen LogP contribution >= 0.6 is 0 Å². The monoisotopic (exact) mass is 417 g/mol. The highest BCUT2D eigenvalue weighted by Gasteiger charge is 2.50. The van der Waals surface area contributed by atoms with E-state index in [9.17, 15) is 19.2 Å². The summed E-state index contributed by atoms with van der Waals surface area (Å²) in [4.78, 5) is 52.2. The average Bonchev–Trinajstić information content (AvgIpc) is 3.04. The van der Waals surface area contributed by atoms with Crippen LogP contribution in [0.1, 0.15) is 41.0 Å². The van der Waals surface area contributed by atoms with Crippen LogP contribution in [0.15, 0.2) is 66.7 Å². The Bertz CT molecular complexity index is 1070. The number of allylic oxidation sites excluding steroid dienone is 2. The smallest absolute Gasteiger partial charge is 0.338 e. The lowest BCUT2D eigenvalue weighted by Crippen LogP contribution is -2.32.